The number of rotatable bonds is 13. The molecule has 0 aliphatic carbocycles. The third-order valence-electron chi connectivity index (χ3n) is 4.76. The van der Waals surface area contributed by atoms with E-state index in [2.05, 4.69) is 18.5 Å². The van der Waals surface area contributed by atoms with E-state index in [1.165, 1.54) is 0 Å². The van der Waals surface area contributed by atoms with Crippen LogP contribution in [-0.4, -0.2) is 38.9 Å². The highest BCUT2D eigenvalue weighted by atomic mass is 16.7. The molecule has 40 heavy (non-hydrogen) atoms. The second kappa shape index (κ2) is 28.1. The first-order valence-electron chi connectivity index (χ1n) is 15.0. The molecule has 0 heterocycles. The quantitative estimate of drug-likeness (QED) is 0.188. The van der Waals surface area contributed by atoms with Gasteiger partial charge < -0.3 is 19.9 Å². The van der Waals surface area contributed by atoms with Crippen molar-refractivity contribution >= 4 is 5.91 Å². The Morgan fingerprint density at radius 1 is 0.725 bits per heavy atom. The molecule has 7 nitrogen and oxygen atoms in total. The van der Waals surface area contributed by atoms with Crippen molar-refractivity contribution in [2.24, 2.45) is 5.73 Å². The maximum absolute atomic E-state index is 12.4. The molecule has 1 atom stereocenters. The molecule has 0 aliphatic heterocycles. The lowest BCUT2D eigenvalue weighted by Crippen LogP contribution is -2.35. The van der Waals surface area contributed by atoms with Crippen LogP contribution in [0, 0.1) is 27.7 Å². The summed E-state index contributed by atoms with van der Waals surface area (Å²) in [6.07, 6.45) is 0.983. The molecule has 232 valence electrons. The Balaban J connectivity index is -0.00000157. The molecular weight excluding hydrogens is 504 g/mol. The summed E-state index contributed by atoms with van der Waals surface area (Å²) in [5, 5.41) is 0. The van der Waals surface area contributed by atoms with Crippen LogP contribution in [0.2, 0.25) is 0 Å². The van der Waals surface area contributed by atoms with Crippen LogP contribution in [0.5, 0.6) is 11.5 Å². The summed E-state index contributed by atoms with van der Waals surface area (Å²) < 4.78 is 16.8. The summed E-state index contributed by atoms with van der Waals surface area (Å²) in [5.41, 5.74) is 13.3. The SMILES string of the molecule is CC.CC.CC.CC.CCCOCCOCCONC(=O)C(N)c1cc(C)c(Oc2cc(C)cc(C)c2)c(C)c1. The normalized spacial score (nSPS) is 10.2. The van der Waals surface area contributed by atoms with E-state index in [0.717, 1.165) is 46.8 Å². The third-order valence-corrected chi connectivity index (χ3v) is 4.76. The van der Waals surface area contributed by atoms with Crippen LogP contribution >= 0.6 is 0 Å². The number of amides is 1. The van der Waals surface area contributed by atoms with Gasteiger partial charge in [0.05, 0.1) is 26.4 Å². The Kier molecular flexibility index (Phi) is 29.5. The molecule has 0 spiro atoms. The number of ether oxygens (including phenoxy) is 3. The lowest BCUT2D eigenvalue weighted by atomic mass is 10.00. The fourth-order valence-corrected chi connectivity index (χ4v) is 3.34. The van der Waals surface area contributed by atoms with Crippen LogP contribution in [0.15, 0.2) is 30.3 Å². The Labute approximate surface area is 246 Å². The van der Waals surface area contributed by atoms with Crippen molar-refractivity contribution in [3.05, 3.63) is 58.1 Å². The summed E-state index contributed by atoms with van der Waals surface area (Å²) in [4.78, 5) is 17.6. The number of carbonyl (C=O) groups excluding carboxylic acids is 1. The number of hydrogen-bond acceptors (Lipinski definition) is 6. The van der Waals surface area contributed by atoms with Crippen LogP contribution in [0.1, 0.15) is 103 Å². The second-order valence-electron chi connectivity index (χ2n) is 7.93. The summed E-state index contributed by atoms with van der Waals surface area (Å²) >= 11 is 0. The first-order valence-corrected chi connectivity index (χ1v) is 15.0. The summed E-state index contributed by atoms with van der Waals surface area (Å²) in [5.74, 6) is 1.14. The molecule has 0 aliphatic rings. The van der Waals surface area contributed by atoms with Crippen molar-refractivity contribution in [1.29, 1.82) is 0 Å². The zero-order valence-corrected chi connectivity index (χ0v) is 27.8. The molecule has 1 unspecified atom stereocenters. The number of hydrogen-bond donors (Lipinski definition) is 2. The Bertz CT molecular complexity index is 844. The van der Waals surface area contributed by atoms with Gasteiger partial charge in [0.1, 0.15) is 17.5 Å². The first kappa shape index (κ1) is 42.0. The topological polar surface area (TPSA) is 92.0 Å². The van der Waals surface area contributed by atoms with Crippen LogP contribution in [-0.2, 0) is 19.1 Å². The molecule has 7 heteroatoms. The summed E-state index contributed by atoms with van der Waals surface area (Å²) in [6.45, 7) is 28.4. The van der Waals surface area contributed by atoms with Crippen LogP contribution in [0.25, 0.3) is 0 Å². The molecule has 2 aromatic rings. The van der Waals surface area contributed by atoms with Gasteiger partial charge in [-0.15, -0.1) is 0 Å². The number of carbonyl (C=O) groups is 1. The standard InChI is InChI=1S/C25H36N2O5.4C2H6/c1-6-7-29-8-9-30-10-11-31-27-25(28)23(26)21-15-19(4)24(20(5)16-21)32-22-13-17(2)12-18(3)14-22;4*1-2/h12-16,23H,6-11,26H2,1-5H3,(H,27,28);4*1-2H3. The predicted octanol–water partition coefficient (Wildman–Crippen LogP) is 8.31. The Hall–Kier alpha value is -2.45. The van der Waals surface area contributed by atoms with Crippen molar-refractivity contribution in [3.8, 4) is 11.5 Å². The highest BCUT2D eigenvalue weighted by molar-refractivity contribution is 5.82. The first-order chi connectivity index (χ1) is 19.3. The molecular formula is C33H60N2O5. The van der Waals surface area contributed by atoms with Gasteiger partial charge in [0.15, 0.2) is 0 Å². The smallest absolute Gasteiger partial charge is 0.265 e. The highest BCUT2D eigenvalue weighted by Crippen LogP contribution is 2.32. The second-order valence-corrected chi connectivity index (χ2v) is 7.93. The molecule has 0 saturated heterocycles. The molecule has 0 aromatic heterocycles. The molecule has 2 rings (SSSR count). The van der Waals surface area contributed by atoms with E-state index in [1.54, 1.807) is 0 Å². The zero-order chi connectivity index (χ0) is 31.5. The molecule has 0 saturated carbocycles. The number of nitrogens with one attached hydrogen (secondary N) is 1. The minimum Gasteiger partial charge on any atom is -0.457 e. The van der Waals surface area contributed by atoms with Gasteiger partial charge in [-0.1, -0.05) is 80.5 Å². The minimum absolute atomic E-state index is 0.229. The highest BCUT2D eigenvalue weighted by Gasteiger charge is 2.19. The molecule has 0 fully saturated rings. The van der Waals surface area contributed by atoms with Gasteiger partial charge >= 0.3 is 0 Å². The maximum atomic E-state index is 12.4. The molecule has 0 bridgehead atoms. The van der Waals surface area contributed by atoms with E-state index in [0.29, 0.717) is 25.4 Å². The number of aryl methyl sites for hydroxylation is 4. The maximum Gasteiger partial charge on any atom is 0.265 e. The van der Waals surface area contributed by atoms with Crippen molar-refractivity contribution < 1.29 is 23.8 Å². The van der Waals surface area contributed by atoms with E-state index < -0.39 is 11.9 Å². The fraction of sp³-hybridized carbons (Fsp3) is 0.606. The van der Waals surface area contributed by atoms with Crippen molar-refractivity contribution in [3.63, 3.8) is 0 Å². The third kappa shape index (κ3) is 18.0. The average Bonchev–Trinajstić information content (AvgIpc) is 2.97. The number of nitrogens with two attached hydrogens (primary N) is 1. The number of benzene rings is 2. The fourth-order valence-electron chi connectivity index (χ4n) is 3.34. The monoisotopic (exact) mass is 564 g/mol. The van der Waals surface area contributed by atoms with Crippen LogP contribution in [0.3, 0.4) is 0 Å². The van der Waals surface area contributed by atoms with E-state index in [9.17, 15) is 4.79 Å². The van der Waals surface area contributed by atoms with E-state index in [1.807, 2.05) is 107 Å². The minimum atomic E-state index is -0.856. The molecule has 0 radical (unpaired) electrons. The Morgan fingerprint density at radius 2 is 1.18 bits per heavy atom. The van der Waals surface area contributed by atoms with Gasteiger partial charge in [-0.05, 0) is 74.1 Å². The van der Waals surface area contributed by atoms with E-state index >= 15 is 0 Å². The van der Waals surface area contributed by atoms with Gasteiger partial charge in [-0.3, -0.25) is 9.63 Å². The van der Waals surface area contributed by atoms with Crippen LogP contribution < -0.4 is 16.0 Å². The van der Waals surface area contributed by atoms with Gasteiger partial charge in [-0.25, -0.2) is 5.48 Å². The largest absolute Gasteiger partial charge is 0.457 e. The Morgan fingerprint density at radius 3 is 1.65 bits per heavy atom. The lowest BCUT2D eigenvalue weighted by molar-refractivity contribution is -0.136. The predicted molar refractivity (Wildman–Crippen MR) is 170 cm³/mol. The van der Waals surface area contributed by atoms with Gasteiger partial charge in [0, 0.05) is 6.61 Å². The summed E-state index contributed by atoms with van der Waals surface area (Å²) in [7, 11) is 0. The van der Waals surface area contributed by atoms with E-state index in [4.69, 9.17) is 24.8 Å². The lowest BCUT2D eigenvalue weighted by Gasteiger charge is -2.18. The molecule has 3 N–H and O–H groups in total. The van der Waals surface area contributed by atoms with Crippen LogP contribution in [0.4, 0.5) is 0 Å². The van der Waals surface area contributed by atoms with Gasteiger partial charge in [-0.2, -0.15) is 0 Å². The number of hydroxylamine groups is 1. The molecule has 1 amide bonds. The van der Waals surface area contributed by atoms with Crippen molar-refractivity contribution in [1.82, 2.24) is 5.48 Å². The van der Waals surface area contributed by atoms with Gasteiger partial charge in [0.25, 0.3) is 5.91 Å². The van der Waals surface area contributed by atoms with E-state index in [-0.39, 0.29) is 6.61 Å². The zero-order valence-electron chi connectivity index (χ0n) is 27.8. The van der Waals surface area contributed by atoms with Crippen molar-refractivity contribution in [2.45, 2.75) is 102 Å². The average molecular weight is 565 g/mol. The summed E-state index contributed by atoms with van der Waals surface area (Å²) in [6, 6.07) is 8.98. The van der Waals surface area contributed by atoms with Gasteiger partial charge in [0.2, 0.25) is 0 Å². The molecule has 2 aromatic carbocycles. The van der Waals surface area contributed by atoms with Crippen molar-refractivity contribution in [2.75, 3.05) is 33.0 Å².